The Labute approximate surface area is 199 Å². The van der Waals surface area contributed by atoms with Crippen LogP contribution in [-0.2, 0) is 28.8 Å². The van der Waals surface area contributed by atoms with E-state index in [0.717, 1.165) is 62.4 Å². The van der Waals surface area contributed by atoms with E-state index in [4.69, 9.17) is 4.74 Å². The number of hydrazine groups is 2. The average Bonchev–Trinajstić information content (AvgIpc) is 3.29. The number of nitrogens with zero attached hydrogens (tertiary/aromatic N) is 5. The molecule has 0 spiro atoms. The van der Waals surface area contributed by atoms with Crippen LogP contribution in [0.15, 0.2) is 47.6 Å². The maximum atomic E-state index is 12.8. The van der Waals surface area contributed by atoms with Crippen LogP contribution in [0.2, 0.25) is 0 Å². The second-order valence-corrected chi connectivity index (χ2v) is 8.91. The zero-order valence-corrected chi connectivity index (χ0v) is 19.4. The molecule has 0 atom stereocenters. The van der Waals surface area contributed by atoms with Crippen LogP contribution in [0.1, 0.15) is 27.0 Å². The number of fused-ring (bicyclic) bond motifs is 1. The molecule has 3 aliphatic rings. The summed E-state index contributed by atoms with van der Waals surface area (Å²) in [5, 5.41) is 7.68. The minimum Gasteiger partial charge on any atom is -0.462 e. The van der Waals surface area contributed by atoms with Crippen LogP contribution in [0.3, 0.4) is 0 Å². The van der Waals surface area contributed by atoms with Crippen molar-refractivity contribution in [2.24, 2.45) is 5.10 Å². The Kier molecular flexibility index (Phi) is 6.46. The van der Waals surface area contributed by atoms with E-state index in [1.807, 2.05) is 53.4 Å². The Hall–Kier alpha value is -3.43. The van der Waals surface area contributed by atoms with E-state index in [9.17, 15) is 9.59 Å². The molecule has 3 heterocycles. The van der Waals surface area contributed by atoms with Crippen LogP contribution in [-0.4, -0.2) is 79.5 Å². The molecule has 178 valence electrons. The summed E-state index contributed by atoms with van der Waals surface area (Å²) in [6, 6.07) is 14.1. The number of ether oxygens (including phenoxy) is 1. The van der Waals surface area contributed by atoms with Crippen molar-refractivity contribution in [3.8, 4) is 0 Å². The number of esters is 1. The number of hydrogen-bond acceptors (Lipinski definition) is 8. The van der Waals surface area contributed by atoms with Crippen molar-refractivity contribution >= 4 is 23.9 Å². The highest BCUT2D eigenvalue weighted by molar-refractivity contribution is 5.92. The maximum Gasteiger partial charge on any atom is 0.338 e. The number of anilines is 1. The molecule has 0 saturated carbocycles. The van der Waals surface area contributed by atoms with Crippen LogP contribution in [0.5, 0.6) is 0 Å². The first-order valence-electron chi connectivity index (χ1n) is 11.8. The third-order valence-corrected chi connectivity index (χ3v) is 6.68. The number of cyclic esters (lactones) is 1. The van der Waals surface area contributed by atoms with Gasteiger partial charge in [0.1, 0.15) is 6.34 Å². The van der Waals surface area contributed by atoms with Gasteiger partial charge >= 0.3 is 5.97 Å². The van der Waals surface area contributed by atoms with Crippen LogP contribution >= 0.6 is 0 Å². The molecule has 0 aromatic heterocycles. The summed E-state index contributed by atoms with van der Waals surface area (Å²) in [6.45, 7) is 4.71. The SMILES string of the molecule is CN1NN=CN1c1ccc(CC(=O)N2CCN(CCc3ccc4c(c3)CCOC4=O)CC2)cc1. The highest BCUT2D eigenvalue weighted by Gasteiger charge is 2.22. The van der Waals surface area contributed by atoms with Crippen LogP contribution in [0.4, 0.5) is 5.69 Å². The number of hydrogen-bond donors (Lipinski definition) is 1. The molecule has 9 heteroatoms. The fraction of sp³-hybridized carbons (Fsp3) is 0.400. The molecular weight excluding hydrogens is 432 g/mol. The minimum absolute atomic E-state index is 0.176. The predicted octanol–water partition coefficient (Wildman–Crippen LogP) is 1.44. The second kappa shape index (κ2) is 9.82. The molecule has 0 radical (unpaired) electrons. The Morgan fingerprint density at radius 2 is 1.82 bits per heavy atom. The van der Waals surface area contributed by atoms with Gasteiger partial charge in [-0.1, -0.05) is 24.3 Å². The van der Waals surface area contributed by atoms with Crippen molar-refractivity contribution in [2.45, 2.75) is 19.3 Å². The van der Waals surface area contributed by atoms with Crippen molar-refractivity contribution in [3.05, 3.63) is 64.7 Å². The molecular formula is C25H30N6O3. The molecule has 0 unspecified atom stereocenters. The van der Waals surface area contributed by atoms with E-state index in [0.29, 0.717) is 18.6 Å². The summed E-state index contributed by atoms with van der Waals surface area (Å²) in [6.07, 6.45) is 3.86. The van der Waals surface area contributed by atoms with Gasteiger partial charge in [-0.25, -0.2) is 15.3 Å². The Balaban J connectivity index is 1.08. The Morgan fingerprint density at radius 1 is 1.06 bits per heavy atom. The quantitative estimate of drug-likeness (QED) is 0.651. The molecule has 9 nitrogen and oxygen atoms in total. The molecule has 1 N–H and O–H groups in total. The number of piperazine rings is 1. The van der Waals surface area contributed by atoms with Gasteiger partial charge in [-0.15, -0.1) is 5.12 Å². The van der Waals surface area contributed by atoms with Crippen LogP contribution < -0.4 is 10.5 Å². The summed E-state index contributed by atoms with van der Waals surface area (Å²) in [4.78, 5) is 29.0. The lowest BCUT2D eigenvalue weighted by Gasteiger charge is -2.35. The molecule has 3 aliphatic heterocycles. The summed E-state index contributed by atoms with van der Waals surface area (Å²) >= 11 is 0. The van der Waals surface area contributed by atoms with Crippen molar-refractivity contribution in [3.63, 3.8) is 0 Å². The molecule has 34 heavy (non-hydrogen) atoms. The highest BCUT2D eigenvalue weighted by Crippen LogP contribution is 2.20. The fourth-order valence-corrected chi connectivity index (χ4v) is 4.63. The average molecular weight is 463 g/mol. The summed E-state index contributed by atoms with van der Waals surface area (Å²) < 4.78 is 5.11. The molecule has 0 bridgehead atoms. The van der Waals surface area contributed by atoms with Crippen molar-refractivity contribution in [1.29, 1.82) is 0 Å². The molecule has 0 aliphatic carbocycles. The van der Waals surface area contributed by atoms with Gasteiger partial charge in [-0.05, 0) is 41.3 Å². The molecule has 1 amide bonds. The van der Waals surface area contributed by atoms with E-state index in [1.165, 1.54) is 5.56 Å². The van der Waals surface area contributed by atoms with Crippen molar-refractivity contribution < 1.29 is 14.3 Å². The lowest BCUT2D eigenvalue weighted by Crippen LogP contribution is -2.49. The predicted molar refractivity (Wildman–Crippen MR) is 129 cm³/mol. The van der Waals surface area contributed by atoms with E-state index in [1.54, 1.807) is 11.5 Å². The molecule has 2 aromatic carbocycles. The van der Waals surface area contributed by atoms with Gasteiger partial charge in [0, 0.05) is 46.2 Å². The van der Waals surface area contributed by atoms with E-state index in [-0.39, 0.29) is 11.9 Å². The summed E-state index contributed by atoms with van der Waals surface area (Å²) in [5.41, 5.74) is 7.88. The summed E-state index contributed by atoms with van der Waals surface area (Å²) in [7, 11) is 1.88. The summed E-state index contributed by atoms with van der Waals surface area (Å²) in [5.74, 6) is -0.0361. The smallest absolute Gasteiger partial charge is 0.338 e. The van der Waals surface area contributed by atoms with E-state index >= 15 is 0 Å². The third kappa shape index (κ3) is 4.90. The lowest BCUT2D eigenvalue weighted by atomic mass is 9.98. The number of carbonyl (C=O) groups is 2. The third-order valence-electron chi connectivity index (χ3n) is 6.68. The first-order chi connectivity index (χ1) is 16.6. The minimum atomic E-state index is -0.213. The topological polar surface area (TPSA) is 80.7 Å². The zero-order chi connectivity index (χ0) is 23.5. The van der Waals surface area contributed by atoms with Gasteiger partial charge < -0.3 is 9.64 Å². The Morgan fingerprint density at radius 3 is 2.56 bits per heavy atom. The maximum absolute atomic E-state index is 12.8. The molecule has 1 saturated heterocycles. The normalized spacial score (nSPS) is 18.6. The number of carbonyl (C=O) groups excluding carboxylic acids is 2. The van der Waals surface area contributed by atoms with Gasteiger partial charge in [-0.3, -0.25) is 9.69 Å². The first kappa shape index (κ1) is 22.4. The number of benzene rings is 2. The molecule has 5 rings (SSSR count). The molecule has 1 fully saturated rings. The van der Waals surface area contributed by atoms with Gasteiger partial charge in [0.2, 0.25) is 5.91 Å². The monoisotopic (exact) mass is 462 g/mol. The largest absolute Gasteiger partial charge is 0.462 e. The van der Waals surface area contributed by atoms with Crippen molar-refractivity contribution in [2.75, 3.05) is 51.4 Å². The number of hydrazone groups is 1. The van der Waals surface area contributed by atoms with Gasteiger partial charge in [0.15, 0.2) is 0 Å². The first-order valence-corrected chi connectivity index (χ1v) is 11.8. The standard InChI is InChI=1S/C25H30N6O3/c1-28-27-26-18-31(28)22-5-2-19(3-6-22)17-24(32)30-13-11-29(12-14-30)10-8-20-4-7-23-21(16-20)9-15-34-25(23)33/h2-7,16,18,27H,8-15,17H2,1H3. The van der Waals surface area contributed by atoms with E-state index in [2.05, 4.69) is 21.6 Å². The van der Waals surface area contributed by atoms with E-state index < -0.39 is 0 Å². The fourth-order valence-electron chi connectivity index (χ4n) is 4.63. The van der Waals surface area contributed by atoms with Gasteiger partial charge in [-0.2, -0.15) is 5.10 Å². The van der Waals surface area contributed by atoms with Gasteiger partial charge in [0.05, 0.1) is 24.3 Å². The zero-order valence-electron chi connectivity index (χ0n) is 19.4. The lowest BCUT2D eigenvalue weighted by molar-refractivity contribution is -0.132. The second-order valence-electron chi connectivity index (χ2n) is 8.91. The van der Waals surface area contributed by atoms with Gasteiger partial charge in [0.25, 0.3) is 0 Å². The number of nitrogens with one attached hydrogen (secondary N) is 1. The number of amides is 1. The van der Waals surface area contributed by atoms with Crippen LogP contribution in [0.25, 0.3) is 0 Å². The van der Waals surface area contributed by atoms with Crippen LogP contribution in [0, 0.1) is 0 Å². The number of rotatable bonds is 6. The highest BCUT2D eigenvalue weighted by atomic mass is 16.5. The molecule has 2 aromatic rings. The van der Waals surface area contributed by atoms with Crippen molar-refractivity contribution in [1.82, 2.24) is 20.5 Å². The Bertz CT molecular complexity index is 1080.